The molecule has 7 nitrogen and oxygen atoms in total. The van der Waals surface area contributed by atoms with Crippen molar-refractivity contribution >= 4 is 16.8 Å². The van der Waals surface area contributed by atoms with E-state index in [4.69, 9.17) is 9.47 Å². The number of benzene rings is 3. The van der Waals surface area contributed by atoms with Gasteiger partial charge in [-0.15, -0.1) is 0 Å². The molecule has 0 N–H and O–H groups in total. The molecule has 2 aliphatic rings. The number of halogens is 1. The van der Waals surface area contributed by atoms with E-state index in [1.807, 2.05) is 47.0 Å². The van der Waals surface area contributed by atoms with Crippen LogP contribution in [-0.2, 0) is 13.1 Å². The van der Waals surface area contributed by atoms with Gasteiger partial charge in [-0.25, -0.2) is 9.18 Å². The lowest BCUT2D eigenvalue weighted by molar-refractivity contribution is 0.0837. The van der Waals surface area contributed by atoms with Gasteiger partial charge in [0, 0.05) is 24.6 Å². The van der Waals surface area contributed by atoms with Crippen LogP contribution in [0.15, 0.2) is 71.5 Å². The van der Waals surface area contributed by atoms with Crippen LogP contribution in [0.1, 0.15) is 28.8 Å². The van der Waals surface area contributed by atoms with Crippen LogP contribution in [0.2, 0.25) is 0 Å². The number of rotatable bonds is 7. The van der Waals surface area contributed by atoms with Crippen molar-refractivity contribution in [3.05, 3.63) is 94.2 Å². The lowest BCUT2D eigenvalue weighted by Gasteiger charge is -2.31. The van der Waals surface area contributed by atoms with Crippen LogP contribution in [0.4, 0.5) is 4.39 Å². The largest absolute Gasteiger partial charge is 0.454 e. The summed E-state index contributed by atoms with van der Waals surface area (Å²) in [4.78, 5) is 28.6. The first kappa shape index (κ1) is 23.5. The molecule has 0 spiro atoms. The smallest absolute Gasteiger partial charge is 0.329 e. The fraction of sp³-hybridized carbons (Fsp3) is 0.310. The fourth-order valence-electron chi connectivity index (χ4n) is 5.37. The van der Waals surface area contributed by atoms with Crippen LogP contribution in [0.3, 0.4) is 0 Å². The third kappa shape index (κ3) is 4.64. The molecular formula is C29H28FN3O4. The number of imidazole rings is 1. The summed E-state index contributed by atoms with van der Waals surface area (Å²) in [6.07, 6.45) is 1.52. The monoisotopic (exact) mass is 501 g/mol. The van der Waals surface area contributed by atoms with Gasteiger partial charge < -0.3 is 14.4 Å². The number of likely N-dealkylation sites (tertiary alicyclic amines) is 1. The summed E-state index contributed by atoms with van der Waals surface area (Å²) in [5.41, 5.74) is 3.31. The fourth-order valence-corrected chi connectivity index (χ4v) is 5.37. The Morgan fingerprint density at radius 2 is 1.57 bits per heavy atom. The minimum Gasteiger partial charge on any atom is -0.454 e. The molecule has 1 fully saturated rings. The number of piperidine rings is 1. The first-order valence-corrected chi connectivity index (χ1v) is 12.7. The van der Waals surface area contributed by atoms with E-state index in [9.17, 15) is 14.0 Å². The molecule has 0 aliphatic carbocycles. The highest BCUT2D eigenvalue weighted by molar-refractivity contribution is 5.97. The molecule has 0 saturated carbocycles. The molecule has 4 aromatic rings. The van der Waals surface area contributed by atoms with E-state index in [2.05, 4.69) is 4.90 Å². The Kier molecular flexibility index (Phi) is 6.26. The predicted molar refractivity (Wildman–Crippen MR) is 138 cm³/mol. The van der Waals surface area contributed by atoms with Gasteiger partial charge in [-0.2, -0.15) is 0 Å². The van der Waals surface area contributed by atoms with Gasteiger partial charge in [0.25, 0.3) is 0 Å². The van der Waals surface area contributed by atoms with Crippen molar-refractivity contribution < 1.29 is 18.7 Å². The Morgan fingerprint density at radius 3 is 2.32 bits per heavy atom. The van der Waals surface area contributed by atoms with E-state index in [0.29, 0.717) is 24.4 Å². The molecule has 37 heavy (non-hydrogen) atoms. The molecule has 1 saturated heterocycles. The van der Waals surface area contributed by atoms with Gasteiger partial charge in [0.15, 0.2) is 17.3 Å². The Morgan fingerprint density at radius 1 is 0.865 bits per heavy atom. The highest BCUT2D eigenvalue weighted by atomic mass is 19.1. The predicted octanol–water partition coefficient (Wildman–Crippen LogP) is 4.31. The number of carbonyl (C=O) groups excluding carboxylic acids is 1. The van der Waals surface area contributed by atoms with Crippen LogP contribution in [0.5, 0.6) is 11.5 Å². The minimum atomic E-state index is -0.334. The summed E-state index contributed by atoms with van der Waals surface area (Å²) in [5, 5.41) is 0. The minimum absolute atomic E-state index is 0.0414. The summed E-state index contributed by atoms with van der Waals surface area (Å²) in [7, 11) is 0. The van der Waals surface area contributed by atoms with E-state index in [0.717, 1.165) is 54.8 Å². The number of para-hydroxylation sites is 2. The molecule has 3 heterocycles. The average molecular weight is 502 g/mol. The van der Waals surface area contributed by atoms with Gasteiger partial charge in [-0.1, -0.05) is 18.2 Å². The molecule has 3 aromatic carbocycles. The third-order valence-corrected chi connectivity index (χ3v) is 7.43. The lowest BCUT2D eigenvalue weighted by Crippen LogP contribution is -2.39. The number of aromatic nitrogens is 2. The molecule has 0 bridgehead atoms. The second kappa shape index (κ2) is 9.86. The maximum absolute atomic E-state index is 13.5. The van der Waals surface area contributed by atoms with Gasteiger partial charge in [-0.05, 0) is 80.0 Å². The summed E-state index contributed by atoms with van der Waals surface area (Å²) >= 11 is 0. The normalized spacial score (nSPS) is 15.9. The van der Waals surface area contributed by atoms with E-state index in [1.165, 1.54) is 12.1 Å². The zero-order valence-electron chi connectivity index (χ0n) is 20.4. The van der Waals surface area contributed by atoms with Crippen molar-refractivity contribution in [2.75, 3.05) is 26.4 Å². The van der Waals surface area contributed by atoms with E-state index in [-0.39, 0.29) is 30.0 Å². The number of ketones is 1. The Bertz CT molecular complexity index is 1500. The number of Topliss-reactive ketones (excluding diaryl/α,β-unsaturated/α-hetero) is 1. The standard InChI is InChI=1S/C29H28FN3O4/c30-23-8-6-21(7-9-23)28(34)22-11-13-31(14-12-22)15-16-32-24-3-1-2-4-25(24)33(29(32)35)18-20-5-10-26-27(17-20)37-19-36-26/h1-10,17,22H,11-16,18-19H2. The van der Waals surface area contributed by atoms with Crippen molar-refractivity contribution in [1.82, 2.24) is 14.0 Å². The Balaban J connectivity index is 1.14. The molecule has 0 radical (unpaired) electrons. The average Bonchev–Trinajstić information content (AvgIpc) is 3.50. The van der Waals surface area contributed by atoms with Crippen LogP contribution in [-0.4, -0.2) is 46.2 Å². The number of nitrogens with zero attached hydrogens (tertiary/aromatic N) is 3. The van der Waals surface area contributed by atoms with E-state index >= 15 is 0 Å². The highest BCUT2D eigenvalue weighted by Crippen LogP contribution is 2.33. The number of fused-ring (bicyclic) bond motifs is 2. The second-order valence-electron chi connectivity index (χ2n) is 9.68. The zero-order chi connectivity index (χ0) is 25.4. The lowest BCUT2D eigenvalue weighted by atomic mass is 9.89. The first-order chi connectivity index (χ1) is 18.1. The second-order valence-corrected chi connectivity index (χ2v) is 9.68. The topological polar surface area (TPSA) is 65.7 Å². The number of ether oxygens (including phenoxy) is 2. The molecule has 0 amide bonds. The van der Waals surface area contributed by atoms with E-state index in [1.54, 1.807) is 16.7 Å². The number of carbonyl (C=O) groups is 1. The van der Waals surface area contributed by atoms with Crippen molar-refractivity contribution in [2.45, 2.75) is 25.9 Å². The molecule has 0 unspecified atom stereocenters. The van der Waals surface area contributed by atoms with Crippen molar-refractivity contribution in [2.24, 2.45) is 5.92 Å². The van der Waals surface area contributed by atoms with Gasteiger partial charge >= 0.3 is 5.69 Å². The summed E-state index contributed by atoms with van der Waals surface area (Å²) in [5.74, 6) is 1.13. The SMILES string of the molecule is O=C(c1ccc(F)cc1)C1CCN(CCn2c(=O)n(Cc3ccc4c(c3)OCO4)c3ccccc32)CC1. The molecule has 1 aromatic heterocycles. The van der Waals surface area contributed by atoms with Gasteiger partial charge in [-0.3, -0.25) is 13.9 Å². The molecule has 6 rings (SSSR count). The summed E-state index contributed by atoms with van der Waals surface area (Å²) < 4.78 is 27.8. The molecular weight excluding hydrogens is 473 g/mol. The van der Waals surface area contributed by atoms with Crippen molar-refractivity contribution in [3.8, 4) is 11.5 Å². The van der Waals surface area contributed by atoms with Crippen molar-refractivity contribution in [1.29, 1.82) is 0 Å². The maximum atomic E-state index is 13.5. The number of hydrogen-bond donors (Lipinski definition) is 0. The molecule has 190 valence electrons. The third-order valence-electron chi connectivity index (χ3n) is 7.43. The molecule has 2 aliphatic heterocycles. The van der Waals surface area contributed by atoms with Gasteiger partial charge in [0.1, 0.15) is 5.82 Å². The van der Waals surface area contributed by atoms with Crippen LogP contribution >= 0.6 is 0 Å². The molecule has 0 atom stereocenters. The summed E-state index contributed by atoms with van der Waals surface area (Å²) in [6, 6.07) is 19.4. The van der Waals surface area contributed by atoms with Gasteiger partial charge in [0.2, 0.25) is 6.79 Å². The van der Waals surface area contributed by atoms with Crippen LogP contribution < -0.4 is 15.2 Å². The zero-order valence-corrected chi connectivity index (χ0v) is 20.4. The quantitative estimate of drug-likeness (QED) is 0.353. The van der Waals surface area contributed by atoms with Crippen LogP contribution in [0, 0.1) is 11.7 Å². The Hall–Kier alpha value is -3.91. The Labute approximate surface area is 213 Å². The van der Waals surface area contributed by atoms with E-state index < -0.39 is 0 Å². The summed E-state index contributed by atoms with van der Waals surface area (Å²) in [6.45, 7) is 3.55. The number of hydrogen-bond acceptors (Lipinski definition) is 5. The van der Waals surface area contributed by atoms with Gasteiger partial charge in [0.05, 0.1) is 17.6 Å². The van der Waals surface area contributed by atoms with Crippen molar-refractivity contribution in [3.63, 3.8) is 0 Å². The van der Waals surface area contributed by atoms with Crippen LogP contribution in [0.25, 0.3) is 11.0 Å². The highest BCUT2D eigenvalue weighted by Gasteiger charge is 2.26. The molecule has 8 heteroatoms. The first-order valence-electron chi connectivity index (χ1n) is 12.7. The maximum Gasteiger partial charge on any atom is 0.329 e.